The zero-order chi connectivity index (χ0) is 14.2. The van der Waals surface area contributed by atoms with E-state index in [-0.39, 0.29) is 5.91 Å². The van der Waals surface area contributed by atoms with Gasteiger partial charge in [-0.3, -0.25) is 9.78 Å². The van der Waals surface area contributed by atoms with Crippen molar-refractivity contribution in [3.8, 4) is 11.3 Å². The van der Waals surface area contributed by atoms with E-state index in [2.05, 4.69) is 26.2 Å². The lowest BCUT2D eigenvalue weighted by molar-refractivity contribution is -0.116. The van der Waals surface area contributed by atoms with E-state index in [0.717, 1.165) is 35.1 Å². The van der Waals surface area contributed by atoms with Crippen LogP contribution in [0.1, 0.15) is 19.3 Å². The molecule has 0 aliphatic rings. The third kappa shape index (κ3) is 4.46. The molecule has 0 saturated carbocycles. The van der Waals surface area contributed by atoms with Gasteiger partial charge in [0.15, 0.2) is 0 Å². The summed E-state index contributed by atoms with van der Waals surface area (Å²) in [6, 6.07) is 13.6. The number of carbonyl (C=O) groups is 1. The van der Waals surface area contributed by atoms with E-state index in [4.69, 9.17) is 0 Å². The van der Waals surface area contributed by atoms with Crippen LogP contribution < -0.4 is 5.32 Å². The van der Waals surface area contributed by atoms with Crippen molar-refractivity contribution in [2.24, 2.45) is 0 Å². The van der Waals surface area contributed by atoms with Gasteiger partial charge in [-0.15, -0.1) is 0 Å². The van der Waals surface area contributed by atoms with Gasteiger partial charge < -0.3 is 5.32 Å². The number of carbonyl (C=O) groups excluding carboxylic acids is 1. The average Bonchev–Trinajstić information content (AvgIpc) is 2.49. The molecule has 0 unspecified atom stereocenters. The fourth-order valence-electron chi connectivity index (χ4n) is 1.86. The summed E-state index contributed by atoms with van der Waals surface area (Å²) in [5, 5.41) is 3.85. The van der Waals surface area contributed by atoms with E-state index in [9.17, 15) is 4.79 Å². The number of unbranched alkanes of at least 4 members (excludes halogenated alkanes) is 1. The predicted octanol–water partition coefficient (Wildman–Crippen LogP) is 4.25. The van der Waals surface area contributed by atoms with Gasteiger partial charge in [0.1, 0.15) is 0 Å². The highest BCUT2D eigenvalue weighted by Crippen LogP contribution is 2.19. The highest BCUT2D eigenvalue weighted by molar-refractivity contribution is 9.09. The minimum Gasteiger partial charge on any atom is -0.326 e. The SMILES string of the molecule is O=C(CCCCBr)Nc1ccc(-c2ccccn2)cc1. The number of rotatable bonds is 6. The van der Waals surface area contributed by atoms with Gasteiger partial charge in [0.2, 0.25) is 5.91 Å². The molecule has 0 radical (unpaired) electrons. The van der Waals surface area contributed by atoms with Crippen LogP contribution in [0.3, 0.4) is 0 Å². The summed E-state index contributed by atoms with van der Waals surface area (Å²) in [5.41, 5.74) is 2.80. The second-order valence-electron chi connectivity index (χ2n) is 4.49. The van der Waals surface area contributed by atoms with Gasteiger partial charge in [-0.05, 0) is 37.1 Å². The molecule has 1 heterocycles. The second kappa shape index (κ2) is 7.80. The summed E-state index contributed by atoms with van der Waals surface area (Å²) >= 11 is 3.36. The topological polar surface area (TPSA) is 42.0 Å². The Balaban J connectivity index is 1.93. The number of nitrogens with zero attached hydrogens (tertiary/aromatic N) is 1. The Morgan fingerprint density at radius 3 is 2.55 bits per heavy atom. The van der Waals surface area contributed by atoms with Crippen molar-refractivity contribution in [1.29, 1.82) is 0 Å². The van der Waals surface area contributed by atoms with E-state index in [1.54, 1.807) is 6.20 Å². The maximum Gasteiger partial charge on any atom is 0.224 e. The Morgan fingerprint density at radius 2 is 1.90 bits per heavy atom. The summed E-state index contributed by atoms with van der Waals surface area (Å²) in [5.74, 6) is 0.0662. The van der Waals surface area contributed by atoms with Crippen LogP contribution in [0, 0.1) is 0 Å². The van der Waals surface area contributed by atoms with E-state index in [1.165, 1.54) is 0 Å². The largest absolute Gasteiger partial charge is 0.326 e. The quantitative estimate of drug-likeness (QED) is 0.634. The van der Waals surface area contributed by atoms with Gasteiger partial charge in [-0.1, -0.05) is 34.1 Å². The Morgan fingerprint density at radius 1 is 1.10 bits per heavy atom. The van der Waals surface area contributed by atoms with Crippen LogP contribution in [0.5, 0.6) is 0 Å². The van der Waals surface area contributed by atoms with Gasteiger partial charge >= 0.3 is 0 Å². The first-order chi connectivity index (χ1) is 9.79. The van der Waals surface area contributed by atoms with Gasteiger partial charge in [0.25, 0.3) is 0 Å². The Bertz CT molecular complexity index is 540. The first-order valence-electron chi connectivity index (χ1n) is 6.67. The standard InChI is InChI=1S/C16H17BrN2O/c17-11-3-1-6-16(20)19-14-9-7-13(8-10-14)15-5-2-4-12-18-15/h2,4-5,7-10,12H,1,3,6,11H2,(H,19,20). The summed E-state index contributed by atoms with van der Waals surface area (Å²) < 4.78 is 0. The summed E-state index contributed by atoms with van der Waals surface area (Å²) in [6.45, 7) is 0. The van der Waals surface area contributed by atoms with Crippen molar-refractivity contribution in [2.75, 3.05) is 10.6 Å². The first-order valence-corrected chi connectivity index (χ1v) is 7.79. The molecule has 1 amide bonds. The van der Waals surface area contributed by atoms with Gasteiger partial charge in [0.05, 0.1) is 5.69 Å². The molecular weight excluding hydrogens is 316 g/mol. The molecule has 4 heteroatoms. The molecular formula is C16H17BrN2O. The van der Waals surface area contributed by atoms with Crippen LogP contribution in [-0.4, -0.2) is 16.2 Å². The molecule has 104 valence electrons. The number of nitrogens with one attached hydrogen (secondary N) is 1. The fraction of sp³-hybridized carbons (Fsp3) is 0.250. The van der Waals surface area contributed by atoms with Crippen LogP contribution >= 0.6 is 15.9 Å². The number of amides is 1. The number of halogens is 1. The average molecular weight is 333 g/mol. The van der Waals surface area contributed by atoms with Crippen LogP contribution in [0.25, 0.3) is 11.3 Å². The number of hydrogen-bond acceptors (Lipinski definition) is 2. The summed E-state index contributed by atoms with van der Waals surface area (Å²) in [7, 11) is 0. The maximum atomic E-state index is 11.7. The van der Waals surface area contributed by atoms with E-state index < -0.39 is 0 Å². The van der Waals surface area contributed by atoms with E-state index in [1.807, 2.05) is 42.5 Å². The van der Waals surface area contributed by atoms with Crippen molar-refractivity contribution in [2.45, 2.75) is 19.3 Å². The molecule has 2 rings (SSSR count). The summed E-state index contributed by atoms with van der Waals surface area (Å²) in [6.07, 6.45) is 4.26. The third-order valence-electron chi connectivity index (χ3n) is 2.92. The molecule has 2 aromatic rings. The molecule has 20 heavy (non-hydrogen) atoms. The highest BCUT2D eigenvalue weighted by Gasteiger charge is 2.03. The molecule has 3 nitrogen and oxygen atoms in total. The minimum atomic E-state index is 0.0662. The lowest BCUT2D eigenvalue weighted by atomic mass is 10.1. The Hall–Kier alpha value is -1.68. The molecule has 1 aromatic heterocycles. The predicted molar refractivity (Wildman–Crippen MR) is 85.9 cm³/mol. The number of pyridine rings is 1. The van der Waals surface area contributed by atoms with Crippen LogP contribution in [0.15, 0.2) is 48.7 Å². The van der Waals surface area contributed by atoms with E-state index >= 15 is 0 Å². The number of hydrogen-bond donors (Lipinski definition) is 1. The number of alkyl halides is 1. The molecule has 0 aliphatic carbocycles. The highest BCUT2D eigenvalue weighted by atomic mass is 79.9. The number of aromatic nitrogens is 1. The van der Waals surface area contributed by atoms with Crippen molar-refractivity contribution in [3.05, 3.63) is 48.7 Å². The normalized spacial score (nSPS) is 10.2. The fourth-order valence-corrected chi connectivity index (χ4v) is 2.26. The zero-order valence-corrected chi connectivity index (χ0v) is 12.8. The minimum absolute atomic E-state index is 0.0662. The van der Waals surface area contributed by atoms with E-state index in [0.29, 0.717) is 6.42 Å². The molecule has 0 aliphatic heterocycles. The van der Waals surface area contributed by atoms with Gasteiger partial charge in [-0.25, -0.2) is 0 Å². The number of anilines is 1. The van der Waals surface area contributed by atoms with Gasteiger partial charge in [0, 0.05) is 29.2 Å². The molecule has 0 fully saturated rings. The van der Waals surface area contributed by atoms with Crippen molar-refractivity contribution in [3.63, 3.8) is 0 Å². The van der Waals surface area contributed by atoms with Crippen LogP contribution in [0.2, 0.25) is 0 Å². The van der Waals surface area contributed by atoms with Crippen LogP contribution in [-0.2, 0) is 4.79 Å². The smallest absolute Gasteiger partial charge is 0.224 e. The lowest BCUT2D eigenvalue weighted by Crippen LogP contribution is -2.10. The Kier molecular flexibility index (Phi) is 5.74. The maximum absolute atomic E-state index is 11.7. The molecule has 0 atom stereocenters. The molecule has 1 aromatic carbocycles. The third-order valence-corrected chi connectivity index (χ3v) is 3.48. The molecule has 0 spiro atoms. The molecule has 0 bridgehead atoms. The van der Waals surface area contributed by atoms with Crippen molar-refractivity contribution < 1.29 is 4.79 Å². The zero-order valence-electron chi connectivity index (χ0n) is 11.2. The first kappa shape index (κ1) is 14.7. The molecule has 1 N–H and O–H groups in total. The summed E-state index contributed by atoms with van der Waals surface area (Å²) in [4.78, 5) is 16.0. The number of benzene rings is 1. The monoisotopic (exact) mass is 332 g/mol. The van der Waals surface area contributed by atoms with Crippen molar-refractivity contribution >= 4 is 27.5 Å². The Labute approximate surface area is 127 Å². The molecule has 0 saturated heterocycles. The van der Waals surface area contributed by atoms with Crippen molar-refractivity contribution in [1.82, 2.24) is 4.98 Å². The second-order valence-corrected chi connectivity index (χ2v) is 5.28. The van der Waals surface area contributed by atoms with Crippen LogP contribution in [0.4, 0.5) is 5.69 Å². The van der Waals surface area contributed by atoms with Gasteiger partial charge in [-0.2, -0.15) is 0 Å². The lowest BCUT2D eigenvalue weighted by Gasteiger charge is -2.06.